The van der Waals surface area contributed by atoms with E-state index in [0.717, 1.165) is 4.90 Å². The Hall–Kier alpha value is -3.97. The molecule has 0 saturated carbocycles. The van der Waals surface area contributed by atoms with Gasteiger partial charge in [-0.1, -0.05) is 55.4 Å². The zero-order valence-corrected chi connectivity index (χ0v) is 35.4. The third-order valence-corrected chi connectivity index (χ3v) is 8.67. The van der Waals surface area contributed by atoms with Crippen molar-refractivity contribution in [2.45, 2.75) is 86.8 Å². The van der Waals surface area contributed by atoms with Crippen LogP contribution in [0.25, 0.3) is 0 Å². The second-order valence-corrected chi connectivity index (χ2v) is 16.6. The fourth-order valence-corrected chi connectivity index (χ4v) is 5.73. The van der Waals surface area contributed by atoms with Gasteiger partial charge in [0.2, 0.25) is 5.72 Å². The van der Waals surface area contributed by atoms with Crippen LogP contribution in [0.3, 0.4) is 0 Å². The van der Waals surface area contributed by atoms with Crippen molar-refractivity contribution >= 4 is 29.9 Å². The predicted octanol–water partition coefficient (Wildman–Crippen LogP) is 2.38. The molecule has 0 aromatic carbocycles. The van der Waals surface area contributed by atoms with Crippen LogP contribution < -0.4 is 5.32 Å². The van der Waals surface area contributed by atoms with E-state index in [2.05, 4.69) is 5.32 Å². The normalized spacial score (nSPS) is 21.1. The van der Waals surface area contributed by atoms with Crippen molar-refractivity contribution in [2.24, 2.45) is 23.7 Å². The molecule has 2 aliphatic heterocycles. The van der Waals surface area contributed by atoms with Crippen molar-refractivity contribution in [1.29, 1.82) is 0 Å². The molecule has 0 aliphatic carbocycles. The van der Waals surface area contributed by atoms with Gasteiger partial charge in [0.15, 0.2) is 11.5 Å². The van der Waals surface area contributed by atoms with E-state index >= 15 is 0 Å². The number of hydrogen-bond acceptors (Lipinski definition) is 16. The van der Waals surface area contributed by atoms with Gasteiger partial charge in [0, 0.05) is 38.9 Å². The molecule has 3 unspecified atom stereocenters. The zero-order chi connectivity index (χ0) is 43.1. The standard InChI is InChI=1S/C39H67N5O13/c1-26(2)21-53-31(46)17-42(18-32(47)54-22-27(3)4)15-13-41(14-16-43(19-33(48)55-23-28(5)6)20-34(49)56-24-29(7)8)25-38(9)35(50)36(51)39(10,57-38)44-12-11-30(45)40-37(44)52/h11-12,26-30,45,50-51H,13-25H2,1-10H3,(H,40,52). The van der Waals surface area contributed by atoms with Gasteiger partial charge in [0.25, 0.3) is 0 Å². The number of esters is 4. The molecule has 0 spiro atoms. The highest BCUT2D eigenvalue weighted by Gasteiger charge is 2.57. The minimum absolute atomic E-state index is 0.0914. The largest absolute Gasteiger partial charge is 0.506 e. The summed E-state index contributed by atoms with van der Waals surface area (Å²) in [6.45, 7) is 18.4. The predicted molar refractivity (Wildman–Crippen MR) is 208 cm³/mol. The number of ether oxygens (including phenoxy) is 5. The maximum absolute atomic E-state index is 12.9. The fourth-order valence-electron chi connectivity index (χ4n) is 5.73. The first-order chi connectivity index (χ1) is 26.5. The van der Waals surface area contributed by atoms with Crippen LogP contribution in [-0.2, 0) is 42.9 Å². The van der Waals surface area contributed by atoms with Crippen molar-refractivity contribution in [3.8, 4) is 0 Å². The highest BCUT2D eigenvalue weighted by molar-refractivity contribution is 5.78. The number of rotatable bonds is 25. The minimum Gasteiger partial charge on any atom is -0.506 e. The molecule has 57 heavy (non-hydrogen) atoms. The lowest BCUT2D eigenvalue weighted by Gasteiger charge is -2.40. The van der Waals surface area contributed by atoms with Crippen LogP contribution in [0.2, 0.25) is 0 Å². The number of nitrogens with zero attached hydrogens (tertiary/aromatic N) is 4. The van der Waals surface area contributed by atoms with Gasteiger partial charge >= 0.3 is 29.9 Å². The molecule has 3 atom stereocenters. The summed E-state index contributed by atoms with van der Waals surface area (Å²) in [6, 6.07) is -0.790. The van der Waals surface area contributed by atoms with Gasteiger partial charge in [0.05, 0.1) is 52.6 Å². The maximum Gasteiger partial charge on any atom is 0.326 e. The number of aliphatic hydroxyl groups is 3. The van der Waals surface area contributed by atoms with Crippen molar-refractivity contribution in [3.63, 3.8) is 0 Å². The Morgan fingerprint density at radius 3 is 1.37 bits per heavy atom. The van der Waals surface area contributed by atoms with E-state index in [-0.39, 0.29) is 109 Å². The molecule has 2 heterocycles. The van der Waals surface area contributed by atoms with Gasteiger partial charge in [-0.15, -0.1) is 0 Å². The molecule has 4 N–H and O–H groups in total. The Balaban J connectivity index is 2.44. The Morgan fingerprint density at radius 1 is 0.684 bits per heavy atom. The quantitative estimate of drug-likeness (QED) is 0.0769. The lowest BCUT2D eigenvalue weighted by molar-refractivity contribution is -0.157. The minimum atomic E-state index is -1.88. The molecular weight excluding hydrogens is 746 g/mol. The first-order valence-corrected chi connectivity index (χ1v) is 19.6. The lowest BCUT2D eigenvalue weighted by Crippen LogP contribution is -2.58. The molecule has 2 aliphatic rings. The average molecular weight is 814 g/mol. The summed E-state index contributed by atoms with van der Waals surface area (Å²) in [5, 5.41) is 34.8. The molecule has 0 bridgehead atoms. The molecule has 0 fully saturated rings. The molecular formula is C39H67N5O13. The van der Waals surface area contributed by atoms with Crippen molar-refractivity contribution in [2.75, 3.05) is 85.3 Å². The molecule has 18 heteroatoms. The summed E-state index contributed by atoms with van der Waals surface area (Å²) in [5.74, 6) is -2.98. The van der Waals surface area contributed by atoms with Gasteiger partial charge in [-0.3, -0.25) is 38.8 Å². The number of hydrogen-bond donors (Lipinski definition) is 4. The summed E-state index contributed by atoms with van der Waals surface area (Å²) >= 11 is 0. The summed E-state index contributed by atoms with van der Waals surface area (Å²) in [6.07, 6.45) is 1.24. The summed E-state index contributed by atoms with van der Waals surface area (Å²) < 4.78 is 27.9. The Kier molecular flexibility index (Phi) is 19.7. The van der Waals surface area contributed by atoms with Gasteiger partial charge < -0.3 is 44.3 Å². The van der Waals surface area contributed by atoms with E-state index in [4.69, 9.17) is 23.7 Å². The van der Waals surface area contributed by atoms with Crippen LogP contribution in [0.5, 0.6) is 0 Å². The number of aliphatic hydroxyl groups excluding tert-OH is 3. The van der Waals surface area contributed by atoms with Gasteiger partial charge in [-0.05, 0) is 43.6 Å². The SMILES string of the molecule is CC(C)COC(=O)CN(CCN(CCN(CC(=O)OCC(C)C)CC(=O)OCC(C)C)CC1(C)OC(C)(N2C=CC(O)NC2=O)C(O)=C1O)CC(=O)OCC(C)C. The van der Waals surface area contributed by atoms with E-state index in [9.17, 15) is 39.3 Å². The number of urea groups is 1. The monoisotopic (exact) mass is 813 g/mol. The van der Waals surface area contributed by atoms with Crippen LogP contribution in [0, 0.1) is 23.7 Å². The van der Waals surface area contributed by atoms with Crippen LogP contribution in [0.4, 0.5) is 4.79 Å². The lowest BCUT2D eigenvalue weighted by atomic mass is 10.0. The van der Waals surface area contributed by atoms with Crippen LogP contribution in [-0.4, -0.2) is 168 Å². The molecule has 2 amide bonds. The first-order valence-electron chi connectivity index (χ1n) is 19.6. The Labute approximate surface area is 337 Å². The highest BCUT2D eigenvalue weighted by atomic mass is 16.6. The first kappa shape index (κ1) is 49.2. The second-order valence-electron chi connectivity index (χ2n) is 16.6. The van der Waals surface area contributed by atoms with Crippen molar-refractivity contribution in [1.82, 2.24) is 24.9 Å². The van der Waals surface area contributed by atoms with Crippen LogP contribution in [0.1, 0.15) is 69.2 Å². The van der Waals surface area contributed by atoms with E-state index in [1.165, 1.54) is 26.1 Å². The molecule has 0 saturated heterocycles. The third kappa shape index (κ3) is 16.8. The molecule has 0 aromatic rings. The van der Waals surface area contributed by atoms with Gasteiger partial charge in [-0.25, -0.2) is 4.79 Å². The van der Waals surface area contributed by atoms with E-state index in [0.29, 0.717) is 0 Å². The van der Waals surface area contributed by atoms with E-state index in [1.54, 1.807) is 9.80 Å². The second kappa shape index (κ2) is 22.8. The Bertz CT molecular complexity index is 1310. The zero-order valence-electron chi connectivity index (χ0n) is 35.4. The van der Waals surface area contributed by atoms with Crippen LogP contribution in [0.15, 0.2) is 23.8 Å². The number of carbonyl (C=O) groups is 5. The van der Waals surface area contributed by atoms with Crippen LogP contribution >= 0.6 is 0 Å². The number of nitrogens with one attached hydrogen (secondary N) is 1. The topological polar surface area (TPSA) is 217 Å². The fraction of sp³-hybridized carbons (Fsp3) is 0.769. The molecule has 18 nitrogen and oxygen atoms in total. The Morgan fingerprint density at radius 2 is 1.04 bits per heavy atom. The van der Waals surface area contributed by atoms with Crippen molar-refractivity contribution in [3.05, 3.63) is 23.8 Å². The third-order valence-electron chi connectivity index (χ3n) is 8.67. The molecule has 0 radical (unpaired) electrons. The summed E-state index contributed by atoms with van der Waals surface area (Å²) in [4.78, 5) is 70.3. The van der Waals surface area contributed by atoms with Gasteiger partial charge in [-0.2, -0.15) is 0 Å². The van der Waals surface area contributed by atoms with E-state index < -0.39 is 59.0 Å². The van der Waals surface area contributed by atoms with E-state index in [1.807, 2.05) is 60.3 Å². The average Bonchev–Trinajstić information content (AvgIpc) is 3.28. The van der Waals surface area contributed by atoms with Crippen molar-refractivity contribution < 1.29 is 63.0 Å². The smallest absolute Gasteiger partial charge is 0.326 e. The van der Waals surface area contributed by atoms with Gasteiger partial charge in [0.1, 0.15) is 11.8 Å². The summed E-state index contributed by atoms with van der Waals surface area (Å²) in [7, 11) is 0. The molecule has 2 rings (SSSR count). The highest BCUT2D eigenvalue weighted by Crippen LogP contribution is 2.43. The summed E-state index contributed by atoms with van der Waals surface area (Å²) in [5.41, 5.74) is -3.53. The number of amides is 2. The molecule has 326 valence electrons. The number of carbonyl (C=O) groups excluding carboxylic acids is 5. The maximum atomic E-state index is 12.9. The molecule has 0 aromatic heterocycles.